The maximum atomic E-state index is 14.7. The minimum atomic E-state index is -1.42. The highest BCUT2D eigenvalue weighted by atomic mass is 19.1. The summed E-state index contributed by atoms with van der Waals surface area (Å²) in [4.78, 5) is 22.2. The molecule has 0 aromatic carbocycles. The van der Waals surface area contributed by atoms with Crippen LogP contribution in [0, 0.1) is 0 Å². The second-order valence-electron chi connectivity index (χ2n) is 8.55. The molecule has 1 aliphatic heterocycles. The van der Waals surface area contributed by atoms with Crippen LogP contribution in [0.2, 0.25) is 0 Å². The van der Waals surface area contributed by atoms with Gasteiger partial charge in [0.05, 0.1) is 30.0 Å². The molecule has 0 bridgehead atoms. The molecule has 0 saturated heterocycles. The number of hydrogen-bond donors (Lipinski definition) is 1. The van der Waals surface area contributed by atoms with Gasteiger partial charge in [0.1, 0.15) is 17.9 Å². The molecule has 2 unspecified atom stereocenters. The summed E-state index contributed by atoms with van der Waals surface area (Å²) in [5, 5.41) is 2.88. The Kier molecular flexibility index (Phi) is 4.80. The molecule has 3 heterocycles. The zero-order chi connectivity index (χ0) is 21.8. The van der Waals surface area contributed by atoms with Gasteiger partial charge in [-0.25, -0.2) is 18.7 Å². The van der Waals surface area contributed by atoms with Crippen molar-refractivity contribution in [3.05, 3.63) is 52.7 Å². The average molecular weight is 430 g/mol. The average Bonchev–Trinajstić information content (AvgIpc) is 3.49. The number of rotatable bonds is 5. The third-order valence-corrected chi connectivity index (χ3v) is 6.18. The molecule has 31 heavy (non-hydrogen) atoms. The Morgan fingerprint density at radius 3 is 3.00 bits per heavy atom. The van der Waals surface area contributed by atoms with E-state index in [1.54, 1.807) is 18.4 Å². The summed E-state index contributed by atoms with van der Waals surface area (Å²) in [5.74, 6) is -0.690. The Bertz CT molecular complexity index is 1120. The first-order chi connectivity index (χ1) is 14.9. The minimum Gasteiger partial charge on any atom is -0.494 e. The van der Waals surface area contributed by atoms with Gasteiger partial charge in [0.25, 0.3) is 5.91 Å². The van der Waals surface area contributed by atoms with Crippen LogP contribution < -0.4 is 5.32 Å². The molecule has 2 aliphatic carbocycles. The molecule has 7 nitrogen and oxygen atoms in total. The molecule has 5 rings (SSSR count). The number of imidazole rings is 1. The molecule has 1 amide bonds. The highest BCUT2D eigenvalue weighted by molar-refractivity contribution is 5.98. The number of amides is 1. The van der Waals surface area contributed by atoms with Gasteiger partial charge in [-0.1, -0.05) is 0 Å². The van der Waals surface area contributed by atoms with Crippen LogP contribution in [0.3, 0.4) is 0 Å². The summed E-state index contributed by atoms with van der Waals surface area (Å²) in [5.41, 5.74) is 1.30. The van der Waals surface area contributed by atoms with Gasteiger partial charge >= 0.3 is 0 Å². The van der Waals surface area contributed by atoms with Gasteiger partial charge in [-0.15, -0.1) is 0 Å². The zero-order valence-electron chi connectivity index (χ0n) is 17.5. The number of nitrogens with one attached hydrogen (secondary N) is 1. The van der Waals surface area contributed by atoms with E-state index in [2.05, 4.69) is 15.3 Å². The maximum absolute atomic E-state index is 14.7. The van der Waals surface area contributed by atoms with Gasteiger partial charge in [0.15, 0.2) is 17.5 Å². The number of halogens is 2. The summed E-state index contributed by atoms with van der Waals surface area (Å²) < 4.78 is 41.5. The molecule has 2 aromatic rings. The van der Waals surface area contributed by atoms with E-state index in [1.165, 1.54) is 12.4 Å². The van der Waals surface area contributed by atoms with Crippen LogP contribution in [-0.2, 0) is 16.1 Å². The molecular weight excluding hydrogens is 406 g/mol. The number of nitrogens with zero attached hydrogens (tertiary/aromatic N) is 3. The fourth-order valence-corrected chi connectivity index (χ4v) is 4.37. The third kappa shape index (κ3) is 3.40. The summed E-state index contributed by atoms with van der Waals surface area (Å²) in [7, 11) is 1.61. The van der Waals surface area contributed by atoms with Gasteiger partial charge in [-0.05, 0) is 31.9 Å². The number of allylic oxidation sites excluding steroid dienone is 2. The van der Waals surface area contributed by atoms with Gasteiger partial charge < -0.3 is 14.8 Å². The molecule has 1 N–H and O–H groups in total. The van der Waals surface area contributed by atoms with E-state index >= 15 is 0 Å². The molecule has 3 aliphatic rings. The SMILES string of the molecule is COCc1cc(C2CC2)nc2c(C(=O)NC3(C)CCOC4=C3C(F)=CCC4F)ncn12. The normalized spacial score (nSPS) is 25.8. The number of fused-ring (bicyclic) bond motifs is 1. The fourth-order valence-electron chi connectivity index (χ4n) is 4.37. The van der Waals surface area contributed by atoms with Crippen molar-refractivity contribution in [1.82, 2.24) is 19.7 Å². The zero-order valence-corrected chi connectivity index (χ0v) is 17.5. The van der Waals surface area contributed by atoms with E-state index in [1.807, 2.05) is 6.07 Å². The van der Waals surface area contributed by atoms with Crippen LogP contribution in [0.25, 0.3) is 5.65 Å². The van der Waals surface area contributed by atoms with Crippen LogP contribution in [-0.4, -0.2) is 45.7 Å². The minimum absolute atomic E-state index is 0.0275. The number of methoxy groups -OCH3 is 1. The summed E-state index contributed by atoms with van der Waals surface area (Å²) in [6.07, 6.45) is 3.70. The molecule has 1 fully saturated rings. The quantitative estimate of drug-likeness (QED) is 0.786. The first-order valence-corrected chi connectivity index (χ1v) is 10.5. The number of ether oxygens (including phenoxy) is 2. The standard InChI is InChI=1S/C22H24F2N4O3/c1-22(7-8-31-19-15(24)6-5-14(23)17(19)22)27-21(29)18-20-26-16(12-3-4-12)9-13(10-30-2)28(20)11-25-18/h5,9,11-12,15H,3-4,6-8,10H2,1-2H3,(H,27,29). The molecule has 2 atom stereocenters. The number of carbonyl (C=O) groups excluding carboxylic acids is 1. The molecule has 0 spiro atoms. The summed E-state index contributed by atoms with van der Waals surface area (Å²) in [6.45, 7) is 2.23. The Morgan fingerprint density at radius 1 is 1.45 bits per heavy atom. The van der Waals surface area contributed by atoms with Gasteiger partial charge in [-0.2, -0.15) is 0 Å². The number of carbonyl (C=O) groups is 1. The van der Waals surface area contributed by atoms with Crippen molar-refractivity contribution < 1.29 is 23.0 Å². The maximum Gasteiger partial charge on any atom is 0.274 e. The summed E-state index contributed by atoms with van der Waals surface area (Å²) >= 11 is 0. The van der Waals surface area contributed by atoms with Crippen molar-refractivity contribution in [2.75, 3.05) is 13.7 Å². The predicted molar refractivity (Wildman–Crippen MR) is 108 cm³/mol. The lowest BCUT2D eigenvalue weighted by Gasteiger charge is -2.39. The van der Waals surface area contributed by atoms with Crippen molar-refractivity contribution in [3.63, 3.8) is 0 Å². The summed E-state index contributed by atoms with van der Waals surface area (Å²) in [6, 6.07) is 1.98. The first-order valence-electron chi connectivity index (χ1n) is 10.5. The molecule has 1 saturated carbocycles. The van der Waals surface area contributed by atoms with E-state index in [0.29, 0.717) is 24.6 Å². The third-order valence-electron chi connectivity index (χ3n) is 6.18. The Balaban J connectivity index is 1.52. The lowest BCUT2D eigenvalue weighted by molar-refractivity contribution is 0.0798. The van der Waals surface area contributed by atoms with Crippen molar-refractivity contribution in [3.8, 4) is 0 Å². The predicted octanol–water partition coefficient (Wildman–Crippen LogP) is 3.51. The molecule has 9 heteroatoms. The lowest BCUT2D eigenvalue weighted by Crippen LogP contribution is -2.52. The second kappa shape index (κ2) is 7.40. The van der Waals surface area contributed by atoms with Crippen LogP contribution in [0.1, 0.15) is 60.4 Å². The van der Waals surface area contributed by atoms with Crippen molar-refractivity contribution in [2.24, 2.45) is 0 Å². The Morgan fingerprint density at radius 2 is 2.26 bits per heavy atom. The highest BCUT2D eigenvalue weighted by Gasteiger charge is 2.43. The van der Waals surface area contributed by atoms with Crippen LogP contribution in [0.5, 0.6) is 0 Å². The molecule has 0 radical (unpaired) electrons. The second-order valence-corrected chi connectivity index (χ2v) is 8.55. The van der Waals surface area contributed by atoms with E-state index in [0.717, 1.165) is 24.2 Å². The molecular formula is C22H24F2N4O3. The van der Waals surface area contributed by atoms with Gasteiger partial charge in [0, 0.05) is 31.6 Å². The van der Waals surface area contributed by atoms with Crippen LogP contribution >= 0.6 is 0 Å². The largest absolute Gasteiger partial charge is 0.494 e. The Labute approximate surface area is 178 Å². The van der Waals surface area contributed by atoms with Crippen LogP contribution in [0.4, 0.5) is 8.78 Å². The first kappa shape index (κ1) is 20.1. The Hall–Kier alpha value is -2.81. The van der Waals surface area contributed by atoms with Gasteiger partial charge in [-0.3, -0.25) is 9.20 Å². The van der Waals surface area contributed by atoms with E-state index in [4.69, 9.17) is 9.47 Å². The lowest BCUT2D eigenvalue weighted by atomic mass is 9.81. The van der Waals surface area contributed by atoms with E-state index in [9.17, 15) is 13.6 Å². The fraction of sp³-hybridized carbons (Fsp3) is 0.500. The van der Waals surface area contributed by atoms with Crippen molar-refractivity contribution >= 4 is 11.6 Å². The molecule has 2 aromatic heterocycles. The molecule has 164 valence electrons. The van der Waals surface area contributed by atoms with E-state index in [-0.39, 0.29) is 30.1 Å². The van der Waals surface area contributed by atoms with Crippen molar-refractivity contribution in [1.29, 1.82) is 0 Å². The van der Waals surface area contributed by atoms with Gasteiger partial charge in [0.2, 0.25) is 0 Å². The van der Waals surface area contributed by atoms with Crippen LogP contribution in [0.15, 0.2) is 35.6 Å². The number of aromatic nitrogens is 3. The number of alkyl halides is 1. The monoisotopic (exact) mass is 430 g/mol. The smallest absolute Gasteiger partial charge is 0.274 e. The topological polar surface area (TPSA) is 77.8 Å². The van der Waals surface area contributed by atoms with Crippen molar-refractivity contribution in [2.45, 2.75) is 56.8 Å². The highest BCUT2D eigenvalue weighted by Crippen LogP contribution is 2.41. The van der Waals surface area contributed by atoms with E-state index < -0.39 is 23.4 Å². The number of hydrogen-bond acceptors (Lipinski definition) is 5.